The van der Waals surface area contributed by atoms with Crippen molar-refractivity contribution in [2.24, 2.45) is 0 Å². The number of hydrogen-bond acceptors (Lipinski definition) is 2. The average Bonchev–Trinajstić information content (AvgIpc) is 3.23. The van der Waals surface area contributed by atoms with Gasteiger partial charge in [-0.3, -0.25) is 4.79 Å². The Balaban J connectivity index is 1.92. The van der Waals surface area contributed by atoms with Gasteiger partial charge in [-0.05, 0) is 54.3 Å². The summed E-state index contributed by atoms with van der Waals surface area (Å²) in [5, 5.41) is 0.624. The molecule has 0 bridgehead atoms. The molecule has 2 aromatic rings. The van der Waals surface area contributed by atoms with Crippen LogP contribution in [0.15, 0.2) is 42.5 Å². The van der Waals surface area contributed by atoms with Crippen LogP contribution in [0.1, 0.15) is 23.2 Å². The first-order valence-corrected chi connectivity index (χ1v) is 6.66. The molecule has 0 saturated heterocycles. The van der Waals surface area contributed by atoms with Crippen molar-refractivity contribution in [3.8, 4) is 16.9 Å². The highest BCUT2D eigenvalue weighted by atomic mass is 35.5. The van der Waals surface area contributed by atoms with Gasteiger partial charge in [-0.15, -0.1) is 0 Å². The van der Waals surface area contributed by atoms with Crippen LogP contribution < -0.4 is 4.74 Å². The number of carbonyl (C=O) groups excluding carboxylic acids is 1. The van der Waals surface area contributed by atoms with Crippen LogP contribution in [0, 0.1) is 0 Å². The van der Waals surface area contributed by atoms with E-state index in [2.05, 4.69) is 0 Å². The molecule has 0 radical (unpaired) electrons. The molecule has 2 aromatic carbocycles. The quantitative estimate of drug-likeness (QED) is 0.773. The molecule has 0 aliphatic heterocycles. The second-order valence-corrected chi connectivity index (χ2v) is 5.13. The second-order valence-electron chi connectivity index (χ2n) is 4.69. The molecule has 1 aliphatic carbocycles. The van der Waals surface area contributed by atoms with Crippen molar-refractivity contribution in [2.75, 3.05) is 0 Å². The smallest absolute Gasteiger partial charge is 0.150 e. The van der Waals surface area contributed by atoms with E-state index in [9.17, 15) is 4.79 Å². The van der Waals surface area contributed by atoms with Crippen molar-refractivity contribution in [3.05, 3.63) is 53.1 Å². The van der Waals surface area contributed by atoms with Gasteiger partial charge in [0, 0.05) is 10.6 Å². The lowest BCUT2D eigenvalue weighted by molar-refractivity contribution is 0.112. The van der Waals surface area contributed by atoms with Gasteiger partial charge in [-0.1, -0.05) is 23.7 Å². The number of aldehydes is 1. The number of ether oxygens (including phenoxy) is 1. The van der Waals surface area contributed by atoms with Gasteiger partial charge >= 0.3 is 0 Å². The summed E-state index contributed by atoms with van der Waals surface area (Å²) in [6.07, 6.45) is 3.53. The third kappa shape index (κ3) is 2.79. The summed E-state index contributed by atoms with van der Waals surface area (Å²) >= 11 is 5.99. The maximum Gasteiger partial charge on any atom is 0.150 e. The maximum absolute atomic E-state index is 11.1. The van der Waals surface area contributed by atoms with Gasteiger partial charge < -0.3 is 4.74 Å². The lowest BCUT2D eigenvalue weighted by atomic mass is 10.0. The van der Waals surface area contributed by atoms with Gasteiger partial charge in [-0.25, -0.2) is 0 Å². The van der Waals surface area contributed by atoms with E-state index >= 15 is 0 Å². The molecule has 19 heavy (non-hydrogen) atoms. The summed E-state index contributed by atoms with van der Waals surface area (Å²) in [6.45, 7) is 0. The van der Waals surface area contributed by atoms with Gasteiger partial charge in [0.05, 0.1) is 6.10 Å². The number of hydrogen-bond donors (Lipinski definition) is 0. The standard InChI is InChI=1S/C16H13ClO2/c17-13-4-1-12(10-18)16(9-13)11-2-5-14(6-3-11)19-15-7-8-15/h1-6,9-10,15H,7-8H2. The van der Waals surface area contributed by atoms with Gasteiger partial charge in [0.15, 0.2) is 6.29 Å². The normalized spacial score (nSPS) is 14.2. The minimum absolute atomic E-state index is 0.391. The molecule has 1 saturated carbocycles. The fourth-order valence-electron chi connectivity index (χ4n) is 1.97. The first-order valence-electron chi connectivity index (χ1n) is 6.28. The Morgan fingerprint density at radius 3 is 2.47 bits per heavy atom. The van der Waals surface area contributed by atoms with E-state index in [1.165, 1.54) is 0 Å². The molecular weight excluding hydrogens is 260 g/mol. The zero-order valence-electron chi connectivity index (χ0n) is 10.3. The summed E-state index contributed by atoms with van der Waals surface area (Å²) in [5.74, 6) is 0.876. The topological polar surface area (TPSA) is 26.3 Å². The Morgan fingerprint density at radius 2 is 1.84 bits per heavy atom. The van der Waals surface area contributed by atoms with E-state index in [4.69, 9.17) is 16.3 Å². The predicted molar refractivity (Wildman–Crippen MR) is 75.9 cm³/mol. The maximum atomic E-state index is 11.1. The van der Waals surface area contributed by atoms with E-state index in [1.807, 2.05) is 30.3 Å². The van der Waals surface area contributed by atoms with E-state index < -0.39 is 0 Å². The molecule has 0 N–H and O–H groups in total. The molecular formula is C16H13ClO2. The summed E-state index contributed by atoms with van der Waals surface area (Å²) in [4.78, 5) is 11.1. The van der Waals surface area contributed by atoms with Gasteiger partial charge in [0.2, 0.25) is 0 Å². The van der Waals surface area contributed by atoms with Gasteiger partial charge in [-0.2, -0.15) is 0 Å². The van der Waals surface area contributed by atoms with Crippen molar-refractivity contribution in [3.63, 3.8) is 0 Å². The Morgan fingerprint density at radius 1 is 1.11 bits per heavy atom. The summed E-state index contributed by atoms with van der Waals surface area (Å²) in [5.41, 5.74) is 2.45. The van der Waals surface area contributed by atoms with E-state index in [1.54, 1.807) is 12.1 Å². The molecule has 0 heterocycles. The van der Waals surface area contributed by atoms with E-state index in [0.717, 1.165) is 36.0 Å². The van der Waals surface area contributed by atoms with Crippen molar-refractivity contribution in [1.82, 2.24) is 0 Å². The fourth-order valence-corrected chi connectivity index (χ4v) is 2.14. The molecule has 0 unspecified atom stereocenters. The minimum atomic E-state index is 0.391. The third-order valence-electron chi connectivity index (χ3n) is 3.13. The Hall–Kier alpha value is -1.80. The Bertz CT molecular complexity index is 601. The lowest BCUT2D eigenvalue weighted by Crippen LogP contribution is -1.95. The van der Waals surface area contributed by atoms with Crippen molar-refractivity contribution >= 4 is 17.9 Å². The fraction of sp³-hybridized carbons (Fsp3) is 0.188. The van der Waals surface area contributed by atoms with Crippen LogP contribution in [0.5, 0.6) is 5.75 Å². The first kappa shape index (κ1) is 12.2. The van der Waals surface area contributed by atoms with E-state index in [-0.39, 0.29) is 0 Å². The number of rotatable bonds is 4. The lowest BCUT2D eigenvalue weighted by Gasteiger charge is -2.08. The number of carbonyl (C=O) groups is 1. The van der Waals surface area contributed by atoms with Crippen LogP contribution in [0.3, 0.4) is 0 Å². The van der Waals surface area contributed by atoms with Gasteiger partial charge in [0.25, 0.3) is 0 Å². The summed E-state index contributed by atoms with van der Waals surface area (Å²) in [7, 11) is 0. The number of benzene rings is 2. The zero-order chi connectivity index (χ0) is 13.2. The highest BCUT2D eigenvalue weighted by Gasteiger charge is 2.23. The van der Waals surface area contributed by atoms with Crippen molar-refractivity contribution in [1.29, 1.82) is 0 Å². The van der Waals surface area contributed by atoms with E-state index in [0.29, 0.717) is 16.7 Å². The van der Waals surface area contributed by atoms with Crippen molar-refractivity contribution in [2.45, 2.75) is 18.9 Å². The molecule has 96 valence electrons. The Labute approximate surface area is 117 Å². The molecule has 0 aromatic heterocycles. The molecule has 1 fully saturated rings. The second kappa shape index (κ2) is 5.06. The molecule has 1 aliphatic rings. The highest BCUT2D eigenvalue weighted by molar-refractivity contribution is 6.31. The minimum Gasteiger partial charge on any atom is -0.490 e. The van der Waals surface area contributed by atoms with Crippen LogP contribution in [0.4, 0.5) is 0 Å². The first-order chi connectivity index (χ1) is 9.26. The molecule has 3 rings (SSSR count). The van der Waals surface area contributed by atoms with Gasteiger partial charge in [0.1, 0.15) is 5.75 Å². The summed E-state index contributed by atoms with van der Waals surface area (Å²) < 4.78 is 5.70. The molecule has 0 atom stereocenters. The monoisotopic (exact) mass is 272 g/mol. The summed E-state index contributed by atoms with van der Waals surface area (Å²) in [6, 6.07) is 13.0. The van der Waals surface area contributed by atoms with Crippen LogP contribution in [-0.4, -0.2) is 12.4 Å². The van der Waals surface area contributed by atoms with Crippen LogP contribution in [0.25, 0.3) is 11.1 Å². The predicted octanol–water partition coefficient (Wildman–Crippen LogP) is 4.36. The Kier molecular flexibility index (Phi) is 3.26. The molecule has 0 amide bonds. The van der Waals surface area contributed by atoms with Crippen LogP contribution in [0.2, 0.25) is 5.02 Å². The third-order valence-corrected chi connectivity index (χ3v) is 3.37. The van der Waals surface area contributed by atoms with Crippen LogP contribution >= 0.6 is 11.6 Å². The van der Waals surface area contributed by atoms with Crippen LogP contribution in [-0.2, 0) is 0 Å². The highest BCUT2D eigenvalue weighted by Crippen LogP contribution is 2.30. The largest absolute Gasteiger partial charge is 0.490 e. The molecule has 2 nitrogen and oxygen atoms in total. The number of halogens is 1. The molecule has 0 spiro atoms. The average molecular weight is 273 g/mol. The zero-order valence-corrected chi connectivity index (χ0v) is 11.1. The SMILES string of the molecule is O=Cc1ccc(Cl)cc1-c1ccc(OC2CC2)cc1. The van der Waals surface area contributed by atoms with Crippen molar-refractivity contribution < 1.29 is 9.53 Å². The molecule has 3 heteroatoms.